The molecule has 2 aliphatic rings. The van der Waals surface area contributed by atoms with E-state index in [1.165, 1.54) is 90.3 Å². The monoisotopic (exact) mass is 297 g/mol. The van der Waals surface area contributed by atoms with Crippen molar-refractivity contribution < 1.29 is 0 Å². The predicted octanol–water partition coefficient (Wildman–Crippen LogP) is 5.16. The normalized spacial score (nSPS) is 28.8. The van der Waals surface area contributed by atoms with Crippen LogP contribution in [0, 0.1) is 11.3 Å². The van der Waals surface area contributed by atoms with Gasteiger partial charge in [-0.15, -0.1) is 0 Å². The average Bonchev–Trinajstić information content (AvgIpc) is 2.82. The summed E-state index contributed by atoms with van der Waals surface area (Å²) in [5, 5.41) is 0. The third kappa shape index (κ3) is 4.94. The van der Waals surface area contributed by atoms with Gasteiger partial charge in [-0.2, -0.15) is 12.6 Å². The molecule has 0 radical (unpaired) electrons. The van der Waals surface area contributed by atoms with Gasteiger partial charge in [-0.05, 0) is 62.3 Å². The highest BCUT2D eigenvalue weighted by molar-refractivity contribution is 7.80. The second-order valence-corrected chi connectivity index (χ2v) is 7.75. The zero-order valence-corrected chi connectivity index (χ0v) is 14.5. The molecule has 1 atom stereocenters. The molecule has 0 aromatic rings. The molecule has 2 fully saturated rings. The lowest BCUT2D eigenvalue weighted by molar-refractivity contribution is 0.153. The molecule has 0 aromatic heterocycles. The first-order valence-electron chi connectivity index (χ1n) is 9.11. The van der Waals surface area contributed by atoms with Crippen LogP contribution in [0.4, 0.5) is 0 Å². The van der Waals surface area contributed by atoms with E-state index in [0.29, 0.717) is 5.41 Å². The molecular weight excluding hydrogens is 262 g/mol. The quantitative estimate of drug-likeness (QED) is 0.542. The molecule has 0 spiro atoms. The number of hydrogen-bond acceptors (Lipinski definition) is 2. The van der Waals surface area contributed by atoms with Crippen LogP contribution in [-0.2, 0) is 0 Å². The van der Waals surface area contributed by atoms with Crippen molar-refractivity contribution in [3.63, 3.8) is 0 Å². The molecule has 0 amide bonds. The minimum absolute atomic E-state index is 0.532. The zero-order valence-electron chi connectivity index (χ0n) is 13.6. The van der Waals surface area contributed by atoms with Crippen LogP contribution < -0.4 is 0 Å². The Morgan fingerprint density at radius 1 is 1.00 bits per heavy atom. The Hall–Kier alpha value is 0.310. The van der Waals surface area contributed by atoms with Gasteiger partial charge in [0.05, 0.1) is 0 Å². The van der Waals surface area contributed by atoms with E-state index in [1.54, 1.807) is 0 Å². The summed E-state index contributed by atoms with van der Waals surface area (Å²) in [4.78, 5) is 2.79. The standard InChI is InChI=1S/C18H35NS/c1-2-8-17-9-7-13-19(14-10-17)15-18(16-20)11-5-3-4-6-12-18/h17,20H,2-16H2,1H3. The fraction of sp³-hybridized carbons (Fsp3) is 1.00. The molecule has 1 heterocycles. The number of rotatable bonds is 5. The van der Waals surface area contributed by atoms with Crippen molar-refractivity contribution in [1.82, 2.24) is 4.90 Å². The van der Waals surface area contributed by atoms with E-state index in [9.17, 15) is 0 Å². The van der Waals surface area contributed by atoms with Crippen LogP contribution in [0.3, 0.4) is 0 Å². The fourth-order valence-electron chi connectivity index (χ4n) is 4.40. The van der Waals surface area contributed by atoms with E-state index < -0.39 is 0 Å². The highest BCUT2D eigenvalue weighted by Gasteiger charge is 2.32. The van der Waals surface area contributed by atoms with Crippen LogP contribution in [0.5, 0.6) is 0 Å². The summed E-state index contributed by atoms with van der Waals surface area (Å²) in [6, 6.07) is 0. The van der Waals surface area contributed by atoms with Crippen molar-refractivity contribution in [2.45, 2.75) is 77.6 Å². The molecule has 1 aliphatic heterocycles. The molecule has 2 heteroatoms. The highest BCUT2D eigenvalue weighted by atomic mass is 32.1. The molecular formula is C18H35NS. The van der Waals surface area contributed by atoms with Crippen molar-refractivity contribution in [2.24, 2.45) is 11.3 Å². The van der Waals surface area contributed by atoms with E-state index in [0.717, 1.165) is 11.7 Å². The topological polar surface area (TPSA) is 3.24 Å². The van der Waals surface area contributed by atoms with E-state index in [1.807, 2.05) is 0 Å². The summed E-state index contributed by atoms with van der Waals surface area (Å²) in [6.07, 6.45) is 15.8. The molecule has 118 valence electrons. The molecule has 1 aliphatic carbocycles. The second-order valence-electron chi connectivity index (χ2n) is 7.43. The van der Waals surface area contributed by atoms with Gasteiger partial charge in [-0.25, -0.2) is 0 Å². The summed E-state index contributed by atoms with van der Waals surface area (Å²) in [6.45, 7) is 6.36. The van der Waals surface area contributed by atoms with Crippen molar-refractivity contribution in [2.75, 3.05) is 25.4 Å². The van der Waals surface area contributed by atoms with Crippen LogP contribution in [-0.4, -0.2) is 30.3 Å². The first kappa shape index (κ1) is 16.7. The van der Waals surface area contributed by atoms with E-state index in [-0.39, 0.29) is 0 Å². The predicted molar refractivity (Wildman–Crippen MR) is 92.7 cm³/mol. The first-order valence-corrected chi connectivity index (χ1v) is 9.74. The van der Waals surface area contributed by atoms with Crippen molar-refractivity contribution in [3.8, 4) is 0 Å². The number of likely N-dealkylation sites (tertiary alicyclic amines) is 1. The average molecular weight is 298 g/mol. The van der Waals surface area contributed by atoms with Gasteiger partial charge < -0.3 is 4.90 Å². The molecule has 20 heavy (non-hydrogen) atoms. The van der Waals surface area contributed by atoms with Gasteiger partial charge in [0.2, 0.25) is 0 Å². The number of thiol groups is 1. The molecule has 1 unspecified atom stereocenters. The number of hydrogen-bond donors (Lipinski definition) is 1. The minimum Gasteiger partial charge on any atom is -0.303 e. The fourth-order valence-corrected chi connectivity index (χ4v) is 4.82. The first-order chi connectivity index (χ1) is 9.78. The zero-order chi connectivity index (χ0) is 14.3. The van der Waals surface area contributed by atoms with Gasteiger partial charge >= 0.3 is 0 Å². The molecule has 1 nitrogen and oxygen atoms in total. The summed E-state index contributed by atoms with van der Waals surface area (Å²) >= 11 is 4.75. The third-order valence-corrected chi connectivity index (χ3v) is 6.37. The van der Waals surface area contributed by atoms with Crippen molar-refractivity contribution in [3.05, 3.63) is 0 Å². The largest absolute Gasteiger partial charge is 0.303 e. The Balaban J connectivity index is 1.87. The van der Waals surface area contributed by atoms with Gasteiger partial charge in [0, 0.05) is 6.54 Å². The highest BCUT2D eigenvalue weighted by Crippen LogP contribution is 2.37. The Kier molecular flexibility index (Phi) is 7.24. The van der Waals surface area contributed by atoms with E-state index in [4.69, 9.17) is 12.6 Å². The molecule has 1 saturated carbocycles. The Bertz CT molecular complexity index is 258. The van der Waals surface area contributed by atoms with Crippen LogP contribution in [0.2, 0.25) is 0 Å². The lowest BCUT2D eigenvalue weighted by Gasteiger charge is -2.36. The lowest BCUT2D eigenvalue weighted by atomic mass is 9.81. The van der Waals surface area contributed by atoms with Gasteiger partial charge in [0.1, 0.15) is 0 Å². The van der Waals surface area contributed by atoms with Gasteiger partial charge in [-0.1, -0.05) is 45.4 Å². The number of nitrogens with zero attached hydrogens (tertiary/aromatic N) is 1. The van der Waals surface area contributed by atoms with E-state index >= 15 is 0 Å². The second kappa shape index (κ2) is 8.68. The van der Waals surface area contributed by atoms with Crippen molar-refractivity contribution >= 4 is 12.6 Å². The summed E-state index contributed by atoms with van der Waals surface area (Å²) in [5.41, 5.74) is 0.532. The molecule has 0 aromatic carbocycles. The molecule has 1 saturated heterocycles. The van der Waals surface area contributed by atoms with Crippen LogP contribution in [0.1, 0.15) is 77.6 Å². The van der Waals surface area contributed by atoms with Gasteiger partial charge in [-0.3, -0.25) is 0 Å². The Morgan fingerprint density at radius 2 is 1.75 bits per heavy atom. The summed E-state index contributed by atoms with van der Waals surface area (Å²) < 4.78 is 0. The maximum atomic E-state index is 4.75. The smallest absolute Gasteiger partial charge is 0.00458 e. The van der Waals surface area contributed by atoms with Crippen molar-refractivity contribution in [1.29, 1.82) is 0 Å². The molecule has 0 bridgehead atoms. The molecule has 0 N–H and O–H groups in total. The maximum absolute atomic E-state index is 4.75. The molecule has 2 rings (SSSR count). The van der Waals surface area contributed by atoms with Gasteiger partial charge in [0.15, 0.2) is 0 Å². The lowest BCUT2D eigenvalue weighted by Crippen LogP contribution is -2.39. The maximum Gasteiger partial charge on any atom is 0.00458 e. The SMILES string of the molecule is CCCC1CCCN(CC2(CS)CCCCCC2)CC1. The summed E-state index contributed by atoms with van der Waals surface area (Å²) in [5.74, 6) is 2.10. The van der Waals surface area contributed by atoms with Crippen LogP contribution in [0.25, 0.3) is 0 Å². The van der Waals surface area contributed by atoms with Gasteiger partial charge in [0.25, 0.3) is 0 Å². The van der Waals surface area contributed by atoms with Crippen LogP contribution >= 0.6 is 12.6 Å². The van der Waals surface area contributed by atoms with Crippen LogP contribution in [0.15, 0.2) is 0 Å². The third-order valence-electron chi connectivity index (χ3n) is 5.70. The Morgan fingerprint density at radius 3 is 2.40 bits per heavy atom. The minimum atomic E-state index is 0.532. The van der Waals surface area contributed by atoms with E-state index in [2.05, 4.69) is 11.8 Å². The summed E-state index contributed by atoms with van der Waals surface area (Å²) in [7, 11) is 0. The Labute approximate surface area is 132 Å².